The highest BCUT2D eigenvalue weighted by molar-refractivity contribution is 6.01. The van der Waals surface area contributed by atoms with Crippen molar-refractivity contribution < 1.29 is 14.1 Å². The first-order valence-corrected chi connectivity index (χ1v) is 10.5. The van der Waals surface area contributed by atoms with Crippen molar-refractivity contribution in [3.05, 3.63) is 87.8 Å². The van der Waals surface area contributed by atoms with Gasteiger partial charge in [0, 0.05) is 35.4 Å². The van der Waals surface area contributed by atoms with Crippen LogP contribution in [-0.4, -0.2) is 10.7 Å². The average Bonchev–Trinajstić information content (AvgIpc) is 3.17. The van der Waals surface area contributed by atoms with Crippen molar-refractivity contribution >= 4 is 22.8 Å². The largest absolute Gasteiger partial charge is 0.459 e. The van der Waals surface area contributed by atoms with E-state index in [9.17, 15) is 14.9 Å². The molecular formula is C25H23N3O4. The summed E-state index contributed by atoms with van der Waals surface area (Å²) in [7, 11) is 0. The molecule has 0 saturated carbocycles. The fourth-order valence-corrected chi connectivity index (χ4v) is 4.51. The van der Waals surface area contributed by atoms with Crippen LogP contribution in [0.15, 0.2) is 76.4 Å². The zero-order chi connectivity index (χ0) is 22.5. The van der Waals surface area contributed by atoms with E-state index in [1.165, 1.54) is 12.1 Å². The Kier molecular flexibility index (Phi) is 4.62. The van der Waals surface area contributed by atoms with Crippen molar-refractivity contribution in [3.63, 3.8) is 0 Å². The molecule has 1 atom stereocenters. The van der Waals surface area contributed by atoms with E-state index >= 15 is 0 Å². The maximum absolute atomic E-state index is 13.3. The number of anilines is 2. The number of ketones is 1. The number of rotatable bonds is 3. The topological polar surface area (TPSA) is 97.4 Å². The number of non-ortho nitro benzene ring substituents is 1. The highest BCUT2D eigenvalue weighted by Crippen LogP contribution is 2.46. The number of hydrogen-bond acceptors (Lipinski definition) is 6. The Morgan fingerprint density at radius 2 is 1.72 bits per heavy atom. The number of furan rings is 1. The van der Waals surface area contributed by atoms with Gasteiger partial charge >= 0.3 is 0 Å². The fourth-order valence-electron chi connectivity index (χ4n) is 4.51. The molecule has 1 aromatic heterocycles. The van der Waals surface area contributed by atoms with E-state index in [0.717, 1.165) is 29.1 Å². The second kappa shape index (κ2) is 7.37. The molecule has 2 aromatic carbocycles. The molecule has 2 aliphatic rings. The summed E-state index contributed by atoms with van der Waals surface area (Å²) in [5.41, 5.74) is 4.08. The average molecular weight is 429 g/mol. The van der Waals surface area contributed by atoms with Crippen LogP contribution in [0.5, 0.6) is 0 Å². The number of carbonyl (C=O) groups is 1. The Bertz CT molecular complexity index is 1250. The molecule has 0 spiro atoms. The highest BCUT2D eigenvalue weighted by Gasteiger charge is 2.39. The van der Waals surface area contributed by atoms with Crippen molar-refractivity contribution in [2.45, 2.75) is 32.7 Å². The van der Waals surface area contributed by atoms with Gasteiger partial charge in [-0.25, -0.2) is 0 Å². The molecular weight excluding hydrogens is 406 g/mol. The third-order valence-electron chi connectivity index (χ3n) is 6.00. The molecule has 5 rings (SSSR count). The van der Waals surface area contributed by atoms with Gasteiger partial charge in [0.2, 0.25) is 0 Å². The van der Waals surface area contributed by atoms with E-state index < -0.39 is 11.0 Å². The standard InChI is InChI=1S/C25H23N3O4/c1-25(2)13-19-23(20(29)14-25)24(27-18-6-4-3-5-17(18)26-19)22-12-11-21(32-22)15-7-9-16(10-8-15)28(30)31/h3-12,24,26-27H,13-14H2,1-2H3/t24-/m0/s1. The third-order valence-corrected chi connectivity index (χ3v) is 6.00. The van der Waals surface area contributed by atoms with Crippen LogP contribution in [0.2, 0.25) is 0 Å². The highest BCUT2D eigenvalue weighted by atomic mass is 16.6. The number of allylic oxidation sites excluding steroid dienone is 1. The van der Waals surface area contributed by atoms with Crippen molar-refractivity contribution in [2.75, 3.05) is 10.6 Å². The third kappa shape index (κ3) is 3.56. The van der Waals surface area contributed by atoms with Crippen LogP contribution < -0.4 is 10.6 Å². The molecule has 0 unspecified atom stereocenters. The van der Waals surface area contributed by atoms with Gasteiger partial charge in [-0.2, -0.15) is 0 Å². The summed E-state index contributed by atoms with van der Waals surface area (Å²) < 4.78 is 6.18. The lowest BCUT2D eigenvalue weighted by molar-refractivity contribution is -0.384. The normalized spacial score (nSPS) is 19.3. The van der Waals surface area contributed by atoms with Gasteiger partial charge in [-0.15, -0.1) is 0 Å². The summed E-state index contributed by atoms with van der Waals surface area (Å²) in [6.45, 7) is 4.21. The number of nitrogens with one attached hydrogen (secondary N) is 2. The summed E-state index contributed by atoms with van der Waals surface area (Å²) >= 11 is 0. The SMILES string of the molecule is CC1(C)CC(=O)C2=C(C1)Nc1ccccc1N[C@H]2c1ccc(-c2ccc([N+](=O)[O-])cc2)o1. The molecule has 2 heterocycles. The molecule has 0 amide bonds. The van der Waals surface area contributed by atoms with Crippen LogP contribution in [0.25, 0.3) is 11.3 Å². The molecule has 1 aliphatic carbocycles. The van der Waals surface area contributed by atoms with Gasteiger partial charge in [-0.1, -0.05) is 26.0 Å². The zero-order valence-corrected chi connectivity index (χ0v) is 17.8. The first kappa shape index (κ1) is 20.1. The van der Waals surface area contributed by atoms with Crippen molar-refractivity contribution in [1.82, 2.24) is 0 Å². The molecule has 0 radical (unpaired) electrons. The molecule has 32 heavy (non-hydrogen) atoms. The van der Waals surface area contributed by atoms with E-state index in [-0.39, 0.29) is 16.9 Å². The fraction of sp³-hybridized carbons (Fsp3) is 0.240. The first-order valence-electron chi connectivity index (χ1n) is 10.5. The second-order valence-electron chi connectivity index (χ2n) is 9.09. The Balaban J connectivity index is 1.57. The molecule has 7 heteroatoms. The van der Waals surface area contributed by atoms with Crippen LogP contribution in [0, 0.1) is 15.5 Å². The molecule has 1 aliphatic heterocycles. The van der Waals surface area contributed by atoms with Crippen molar-refractivity contribution in [1.29, 1.82) is 0 Å². The summed E-state index contributed by atoms with van der Waals surface area (Å²) in [6.07, 6.45) is 1.23. The smallest absolute Gasteiger partial charge is 0.269 e. The van der Waals surface area contributed by atoms with E-state index in [4.69, 9.17) is 4.42 Å². The van der Waals surface area contributed by atoms with Gasteiger partial charge in [0.1, 0.15) is 17.6 Å². The predicted octanol–water partition coefficient (Wildman–Crippen LogP) is 6.08. The molecule has 7 nitrogen and oxygen atoms in total. The van der Waals surface area contributed by atoms with Crippen LogP contribution in [0.4, 0.5) is 17.1 Å². The van der Waals surface area contributed by atoms with Crippen LogP contribution in [0.3, 0.4) is 0 Å². The number of para-hydroxylation sites is 2. The molecule has 2 N–H and O–H groups in total. The van der Waals surface area contributed by atoms with Crippen LogP contribution >= 0.6 is 0 Å². The van der Waals surface area contributed by atoms with Crippen LogP contribution in [-0.2, 0) is 4.79 Å². The second-order valence-corrected chi connectivity index (χ2v) is 9.09. The molecule has 162 valence electrons. The minimum Gasteiger partial charge on any atom is -0.459 e. The maximum atomic E-state index is 13.3. The minimum atomic E-state index is -0.434. The first-order chi connectivity index (χ1) is 15.3. The van der Waals surface area contributed by atoms with Gasteiger partial charge in [0.05, 0.1) is 16.3 Å². The number of Topliss-reactive ketones (excluding diaryl/α,β-unsaturated/α-hetero) is 1. The lowest BCUT2D eigenvalue weighted by Gasteiger charge is -2.33. The number of carbonyl (C=O) groups excluding carboxylic acids is 1. The molecule has 0 bridgehead atoms. The van der Waals surface area contributed by atoms with Gasteiger partial charge in [0.15, 0.2) is 5.78 Å². The van der Waals surface area contributed by atoms with Gasteiger partial charge in [-0.05, 0) is 48.2 Å². The van der Waals surface area contributed by atoms with E-state index in [2.05, 4.69) is 24.5 Å². The summed E-state index contributed by atoms with van der Waals surface area (Å²) in [5.74, 6) is 1.31. The summed E-state index contributed by atoms with van der Waals surface area (Å²) in [5, 5.41) is 17.9. The Morgan fingerprint density at radius 1 is 1.00 bits per heavy atom. The van der Waals surface area contributed by atoms with E-state index in [1.807, 2.05) is 36.4 Å². The minimum absolute atomic E-state index is 0.0267. The van der Waals surface area contributed by atoms with Crippen molar-refractivity contribution in [2.24, 2.45) is 5.41 Å². The summed E-state index contributed by atoms with van der Waals surface area (Å²) in [4.78, 5) is 23.8. The number of benzene rings is 2. The molecule has 0 fully saturated rings. The van der Waals surface area contributed by atoms with Gasteiger partial charge in [0.25, 0.3) is 5.69 Å². The summed E-state index contributed by atoms with van der Waals surface area (Å²) in [6, 6.07) is 17.4. The number of nitro benzene ring substituents is 1. The zero-order valence-electron chi connectivity index (χ0n) is 17.8. The Hall–Kier alpha value is -3.87. The van der Waals surface area contributed by atoms with E-state index in [0.29, 0.717) is 23.5 Å². The lowest BCUT2D eigenvalue weighted by Crippen LogP contribution is -2.31. The Labute approximate surface area is 185 Å². The number of fused-ring (bicyclic) bond motifs is 1. The van der Waals surface area contributed by atoms with Crippen molar-refractivity contribution in [3.8, 4) is 11.3 Å². The monoisotopic (exact) mass is 429 g/mol. The Morgan fingerprint density at radius 3 is 2.44 bits per heavy atom. The predicted molar refractivity (Wildman–Crippen MR) is 122 cm³/mol. The van der Waals surface area contributed by atoms with Crippen LogP contribution in [0.1, 0.15) is 38.5 Å². The number of nitro groups is 1. The molecule has 3 aromatic rings. The van der Waals surface area contributed by atoms with Gasteiger partial charge in [-0.3, -0.25) is 14.9 Å². The maximum Gasteiger partial charge on any atom is 0.269 e. The number of hydrogen-bond donors (Lipinski definition) is 2. The quantitative estimate of drug-likeness (QED) is 0.387. The lowest BCUT2D eigenvalue weighted by atomic mass is 9.74. The van der Waals surface area contributed by atoms with E-state index in [1.54, 1.807) is 12.1 Å². The van der Waals surface area contributed by atoms with Gasteiger partial charge < -0.3 is 15.1 Å². The number of nitrogens with zero attached hydrogens (tertiary/aromatic N) is 1. The molecule has 0 saturated heterocycles.